The Balaban J connectivity index is 2.59. The van der Waals surface area contributed by atoms with Crippen molar-refractivity contribution in [3.63, 3.8) is 0 Å². The van der Waals surface area contributed by atoms with Gasteiger partial charge in [-0.15, -0.1) is 0 Å². The van der Waals surface area contributed by atoms with Gasteiger partial charge in [0.2, 0.25) is 0 Å². The Morgan fingerprint density at radius 2 is 2.00 bits per heavy atom. The van der Waals surface area contributed by atoms with Crippen LogP contribution in [-0.2, 0) is 17.4 Å². The van der Waals surface area contributed by atoms with Gasteiger partial charge in [-0.2, -0.15) is 23.1 Å². The van der Waals surface area contributed by atoms with E-state index in [-0.39, 0.29) is 10.9 Å². The number of hydrogen-bond acceptors (Lipinski definition) is 4. The molecule has 2 rings (SSSR count). The smallest absolute Gasteiger partial charge is 0.433 e. The summed E-state index contributed by atoms with van der Waals surface area (Å²) in [6.45, 7) is 0. The van der Waals surface area contributed by atoms with Gasteiger partial charge in [-0.3, -0.25) is 4.98 Å². The van der Waals surface area contributed by atoms with Crippen molar-refractivity contribution in [3.05, 3.63) is 36.3 Å². The molecule has 1 unspecified atom stereocenters. The highest BCUT2D eigenvalue weighted by Gasteiger charge is 2.35. The maximum atomic E-state index is 12.7. The number of nitrogens with zero attached hydrogens (tertiary/aromatic N) is 3. The molecule has 2 aromatic rings. The fourth-order valence-electron chi connectivity index (χ4n) is 1.36. The third-order valence-corrected chi connectivity index (χ3v) is 2.91. The lowest BCUT2D eigenvalue weighted by Crippen LogP contribution is -2.14. The maximum Gasteiger partial charge on any atom is 0.433 e. The van der Waals surface area contributed by atoms with E-state index in [1.165, 1.54) is 18.6 Å². The second-order valence-electron chi connectivity index (χ2n) is 3.61. The Labute approximate surface area is 109 Å². The highest BCUT2D eigenvalue weighted by Crippen LogP contribution is 2.30. The van der Waals surface area contributed by atoms with Gasteiger partial charge < -0.3 is 4.55 Å². The number of aromatic nitrogens is 3. The third-order valence-electron chi connectivity index (χ3n) is 2.21. The number of pyridine rings is 1. The molecule has 0 aliphatic carbocycles. The summed E-state index contributed by atoms with van der Waals surface area (Å²) in [7, 11) is 0. The van der Waals surface area contributed by atoms with Gasteiger partial charge in [0.1, 0.15) is 6.26 Å². The lowest BCUT2D eigenvalue weighted by molar-refractivity contribution is -0.141. The molecule has 0 amide bonds. The summed E-state index contributed by atoms with van der Waals surface area (Å²) >= 11 is -1.70. The molecule has 2 heterocycles. The summed E-state index contributed by atoms with van der Waals surface area (Å²) in [5, 5.41) is -0.353. The molecule has 0 fully saturated rings. The summed E-state index contributed by atoms with van der Waals surface area (Å²) < 4.78 is 49.5. The van der Waals surface area contributed by atoms with E-state index in [9.17, 15) is 17.7 Å². The molecule has 100 valence electrons. The van der Waals surface area contributed by atoms with Crippen LogP contribution in [0.5, 0.6) is 0 Å². The van der Waals surface area contributed by atoms with Crippen molar-refractivity contribution in [2.75, 3.05) is 6.26 Å². The summed E-state index contributed by atoms with van der Waals surface area (Å²) in [5.41, 5.74) is -0.672. The van der Waals surface area contributed by atoms with Gasteiger partial charge in [-0.25, -0.2) is 0 Å². The van der Waals surface area contributed by atoms with Gasteiger partial charge in [-0.1, -0.05) is 0 Å². The van der Waals surface area contributed by atoms with Gasteiger partial charge in [-0.05, 0) is 18.2 Å². The molecular weight excluding hydrogens is 279 g/mol. The largest absolute Gasteiger partial charge is 0.609 e. The minimum absolute atomic E-state index is 0.0422. The molecule has 0 spiro atoms. The first-order chi connectivity index (χ1) is 8.88. The van der Waals surface area contributed by atoms with Crippen LogP contribution in [0, 0.1) is 0 Å². The van der Waals surface area contributed by atoms with Crippen LogP contribution in [0.3, 0.4) is 0 Å². The number of alkyl halides is 3. The summed E-state index contributed by atoms with van der Waals surface area (Å²) in [4.78, 5) is 10.9. The van der Waals surface area contributed by atoms with Gasteiger partial charge in [0.25, 0.3) is 0 Å². The number of hydrogen-bond donors (Lipinski definition) is 0. The van der Waals surface area contributed by atoms with E-state index >= 15 is 0 Å². The lowest BCUT2D eigenvalue weighted by Gasteiger charge is -2.10. The molecule has 0 radical (unpaired) electrons. The van der Waals surface area contributed by atoms with Crippen molar-refractivity contribution in [2.45, 2.75) is 11.3 Å². The van der Waals surface area contributed by atoms with Crippen LogP contribution in [0.1, 0.15) is 5.69 Å². The minimum atomic E-state index is -4.62. The predicted octanol–water partition coefficient (Wildman–Crippen LogP) is 2.29. The van der Waals surface area contributed by atoms with E-state index in [1.807, 2.05) is 0 Å². The lowest BCUT2D eigenvalue weighted by atomic mass is 10.2. The Hall–Kier alpha value is -1.67. The molecule has 1 atom stereocenters. The van der Waals surface area contributed by atoms with Crippen LogP contribution < -0.4 is 0 Å². The van der Waals surface area contributed by atoms with Crippen molar-refractivity contribution in [1.29, 1.82) is 0 Å². The zero-order valence-corrected chi connectivity index (χ0v) is 10.5. The van der Waals surface area contributed by atoms with Crippen molar-refractivity contribution < 1.29 is 17.7 Å². The highest BCUT2D eigenvalue weighted by molar-refractivity contribution is 7.90. The van der Waals surface area contributed by atoms with Gasteiger partial charge in [0, 0.05) is 29.1 Å². The molecule has 0 bridgehead atoms. The van der Waals surface area contributed by atoms with E-state index in [4.69, 9.17) is 0 Å². The molecule has 19 heavy (non-hydrogen) atoms. The van der Waals surface area contributed by atoms with Gasteiger partial charge in [0.15, 0.2) is 5.69 Å². The van der Waals surface area contributed by atoms with Gasteiger partial charge in [0.05, 0.1) is 5.69 Å². The van der Waals surface area contributed by atoms with Gasteiger partial charge >= 0.3 is 11.3 Å². The topological polar surface area (TPSA) is 61.7 Å². The van der Waals surface area contributed by atoms with Crippen LogP contribution in [0.15, 0.2) is 35.7 Å². The standard InChI is InChI=1S/C11H8F3N3OS/c1-19(18)10-16-8(7-3-2-4-15-6-7)5-9(17-10)11(12,13)14/h2-6H,1H3. The highest BCUT2D eigenvalue weighted by atomic mass is 32.2. The molecular formula is C11H8F3N3OS. The number of halogens is 3. The first-order valence-electron chi connectivity index (χ1n) is 5.08. The second-order valence-corrected chi connectivity index (χ2v) is 4.89. The molecule has 4 nitrogen and oxygen atoms in total. The Bertz CT molecular complexity index is 575. The summed E-state index contributed by atoms with van der Waals surface area (Å²) in [5.74, 6) is 0. The Morgan fingerprint density at radius 3 is 2.53 bits per heavy atom. The van der Waals surface area contributed by atoms with E-state index in [0.29, 0.717) is 5.56 Å². The summed E-state index contributed by atoms with van der Waals surface area (Å²) in [6.07, 6.45) is -0.518. The molecule has 0 aliphatic heterocycles. The normalized spacial score (nSPS) is 13.3. The molecule has 0 N–H and O–H groups in total. The Kier molecular flexibility index (Phi) is 3.72. The average molecular weight is 287 g/mol. The van der Waals surface area contributed by atoms with E-state index in [1.54, 1.807) is 12.1 Å². The van der Waals surface area contributed by atoms with E-state index < -0.39 is 23.0 Å². The van der Waals surface area contributed by atoms with Crippen molar-refractivity contribution >= 4 is 11.2 Å². The van der Waals surface area contributed by atoms with Crippen LogP contribution in [-0.4, -0.2) is 25.8 Å². The monoisotopic (exact) mass is 287 g/mol. The van der Waals surface area contributed by atoms with E-state index in [0.717, 1.165) is 6.07 Å². The Morgan fingerprint density at radius 1 is 1.26 bits per heavy atom. The van der Waals surface area contributed by atoms with Crippen LogP contribution >= 0.6 is 0 Å². The van der Waals surface area contributed by atoms with Crippen molar-refractivity contribution in [2.24, 2.45) is 0 Å². The first-order valence-corrected chi connectivity index (χ1v) is 6.64. The average Bonchev–Trinajstić information content (AvgIpc) is 2.38. The first kappa shape index (κ1) is 13.8. The predicted molar refractivity (Wildman–Crippen MR) is 62.6 cm³/mol. The van der Waals surface area contributed by atoms with Crippen LogP contribution in [0.25, 0.3) is 11.3 Å². The van der Waals surface area contributed by atoms with Crippen LogP contribution in [0.2, 0.25) is 0 Å². The minimum Gasteiger partial charge on any atom is -0.609 e. The SMILES string of the molecule is C[S+]([O-])c1nc(-c2cccnc2)cc(C(F)(F)F)n1. The number of rotatable bonds is 2. The molecule has 0 aliphatic rings. The molecule has 2 aromatic heterocycles. The molecule has 0 saturated heterocycles. The van der Waals surface area contributed by atoms with Crippen molar-refractivity contribution in [3.8, 4) is 11.3 Å². The fourth-order valence-corrected chi connectivity index (χ4v) is 1.81. The molecule has 0 aromatic carbocycles. The van der Waals surface area contributed by atoms with Crippen LogP contribution in [0.4, 0.5) is 13.2 Å². The zero-order chi connectivity index (χ0) is 14.0. The third kappa shape index (κ3) is 3.21. The zero-order valence-electron chi connectivity index (χ0n) is 9.68. The fraction of sp³-hybridized carbons (Fsp3) is 0.182. The quantitative estimate of drug-likeness (QED) is 0.628. The molecule has 8 heteroatoms. The second kappa shape index (κ2) is 5.14. The van der Waals surface area contributed by atoms with Crippen molar-refractivity contribution in [1.82, 2.24) is 15.0 Å². The molecule has 0 saturated carbocycles. The maximum absolute atomic E-state index is 12.7. The van der Waals surface area contributed by atoms with E-state index in [2.05, 4.69) is 15.0 Å². The summed E-state index contributed by atoms with van der Waals surface area (Å²) in [6, 6.07) is 3.96.